The minimum absolute atomic E-state index is 0.409. The van der Waals surface area contributed by atoms with Gasteiger partial charge in [0.2, 0.25) is 0 Å². The number of rotatable bonds is 3. The fourth-order valence-electron chi connectivity index (χ4n) is 1.90. The number of aromatic nitrogens is 1. The van der Waals surface area contributed by atoms with E-state index in [1.54, 1.807) is 12.3 Å². The van der Waals surface area contributed by atoms with Crippen molar-refractivity contribution in [3.63, 3.8) is 0 Å². The summed E-state index contributed by atoms with van der Waals surface area (Å²) in [6.45, 7) is 0.598. The Labute approximate surface area is 109 Å². The molecule has 3 rings (SSSR count). The molecule has 1 N–H and O–H groups in total. The maximum absolute atomic E-state index is 5.73. The van der Waals surface area contributed by atoms with Gasteiger partial charge in [0.05, 0.1) is 6.54 Å². The zero-order valence-electron chi connectivity index (χ0n) is 9.56. The van der Waals surface area contributed by atoms with E-state index in [1.807, 2.05) is 30.5 Å². The topological polar surface area (TPSA) is 38.1 Å². The van der Waals surface area contributed by atoms with Gasteiger partial charge in [-0.15, -0.1) is 0 Å². The van der Waals surface area contributed by atoms with Crippen molar-refractivity contribution >= 4 is 28.1 Å². The summed E-state index contributed by atoms with van der Waals surface area (Å²) in [5.41, 5.74) is 1.04. The van der Waals surface area contributed by atoms with Crippen LogP contribution in [0.4, 0.5) is 5.69 Å². The Morgan fingerprint density at radius 1 is 1.17 bits per heavy atom. The molecular weight excluding hydrogens is 248 g/mol. The molecule has 3 aromatic rings. The Bertz CT molecular complexity index is 673. The third kappa shape index (κ3) is 2.17. The molecular formula is C14H11ClN2O. The van der Waals surface area contributed by atoms with Gasteiger partial charge in [0.15, 0.2) is 5.22 Å². The van der Waals surface area contributed by atoms with Gasteiger partial charge in [0, 0.05) is 23.5 Å². The minimum atomic E-state index is 0.409. The van der Waals surface area contributed by atoms with Gasteiger partial charge >= 0.3 is 0 Å². The number of nitrogens with one attached hydrogen (secondary N) is 1. The quantitative estimate of drug-likeness (QED) is 0.769. The lowest BCUT2D eigenvalue weighted by molar-refractivity contribution is 0.520. The van der Waals surface area contributed by atoms with Gasteiger partial charge in [-0.05, 0) is 41.3 Å². The SMILES string of the molecule is Clc1ccc(CNc2cccc3ccncc23)o1. The first-order valence-corrected chi connectivity index (χ1v) is 6.01. The summed E-state index contributed by atoms with van der Waals surface area (Å²) < 4.78 is 5.30. The number of anilines is 1. The molecule has 18 heavy (non-hydrogen) atoms. The van der Waals surface area contributed by atoms with E-state index < -0.39 is 0 Å². The van der Waals surface area contributed by atoms with Gasteiger partial charge in [-0.2, -0.15) is 0 Å². The monoisotopic (exact) mass is 258 g/mol. The van der Waals surface area contributed by atoms with Crippen LogP contribution in [-0.2, 0) is 6.54 Å². The lowest BCUT2D eigenvalue weighted by atomic mass is 10.1. The maximum Gasteiger partial charge on any atom is 0.193 e. The number of nitrogens with zero attached hydrogens (tertiary/aromatic N) is 1. The summed E-state index contributed by atoms with van der Waals surface area (Å²) >= 11 is 5.73. The number of pyridine rings is 1. The van der Waals surface area contributed by atoms with Crippen LogP contribution in [-0.4, -0.2) is 4.98 Å². The summed E-state index contributed by atoms with van der Waals surface area (Å²) in [6.07, 6.45) is 3.64. The van der Waals surface area contributed by atoms with Crippen LogP contribution in [0.25, 0.3) is 10.8 Å². The van der Waals surface area contributed by atoms with E-state index in [0.29, 0.717) is 11.8 Å². The van der Waals surface area contributed by atoms with E-state index in [-0.39, 0.29) is 0 Å². The second-order valence-corrected chi connectivity index (χ2v) is 4.33. The molecule has 0 amide bonds. The number of fused-ring (bicyclic) bond motifs is 1. The predicted octanol–water partition coefficient (Wildman–Crippen LogP) is 4.09. The average Bonchev–Trinajstić information content (AvgIpc) is 2.82. The van der Waals surface area contributed by atoms with Crippen molar-refractivity contribution in [3.05, 3.63) is 59.8 Å². The lowest BCUT2D eigenvalue weighted by Crippen LogP contribution is -1.98. The van der Waals surface area contributed by atoms with E-state index in [0.717, 1.165) is 22.2 Å². The third-order valence-corrected chi connectivity index (χ3v) is 2.97. The molecule has 0 aliphatic heterocycles. The van der Waals surface area contributed by atoms with Crippen LogP contribution >= 0.6 is 11.6 Å². The van der Waals surface area contributed by atoms with E-state index in [9.17, 15) is 0 Å². The van der Waals surface area contributed by atoms with Crippen LogP contribution in [0.5, 0.6) is 0 Å². The van der Waals surface area contributed by atoms with Gasteiger partial charge in [0.25, 0.3) is 0 Å². The number of halogens is 1. The highest BCUT2D eigenvalue weighted by atomic mass is 35.5. The number of hydrogen-bond donors (Lipinski definition) is 1. The minimum Gasteiger partial charge on any atom is -0.448 e. The largest absolute Gasteiger partial charge is 0.448 e. The zero-order chi connectivity index (χ0) is 12.4. The van der Waals surface area contributed by atoms with Gasteiger partial charge in [0.1, 0.15) is 5.76 Å². The highest BCUT2D eigenvalue weighted by Gasteiger charge is 2.02. The molecule has 0 aliphatic carbocycles. The van der Waals surface area contributed by atoms with Gasteiger partial charge < -0.3 is 9.73 Å². The number of benzene rings is 1. The summed E-state index contributed by atoms with van der Waals surface area (Å²) in [5.74, 6) is 0.806. The third-order valence-electron chi connectivity index (χ3n) is 2.77. The van der Waals surface area contributed by atoms with Crippen molar-refractivity contribution < 1.29 is 4.42 Å². The molecule has 2 heterocycles. The predicted molar refractivity (Wildman–Crippen MR) is 72.8 cm³/mol. The molecule has 1 aromatic carbocycles. The Kier molecular flexibility index (Phi) is 2.90. The first-order chi connectivity index (χ1) is 8.83. The normalized spacial score (nSPS) is 10.7. The van der Waals surface area contributed by atoms with Crippen molar-refractivity contribution in [2.75, 3.05) is 5.32 Å². The Morgan fingerprint density at radius 3 is 2.94 bits per heavy atom. The summed E-state index contributed by atoms with van der Waals surface area (Å²) in [7, 11) is 0. The molecule has 0 saturated heterocycles. The van der Waals surface area contributed by atoms with Crippen LogP contribution < -0.4 is 5.32 Å². The molecule has 4 heteroatoms. The van der Waals surface area contributed by atoms with Gasteiger partial charge in [-0.1, -0.05) is 12.1 Å². The highest BCUT2D eigenvalue weighted by molar-refractivity contribution is 6.28. The lowest BCUT2D eigenvalue weighted by Gasteiger charge is -2.07. The van der Waals surface area contributed by atoms with Gasteiger partial charge in [-0.25, -0.2) is 0 Å². The smallest absolute Gasteiger partial charge is 0.193 e. The number of furan rings is 1. The molecule has 0 fully saturated rings. The summed E-state index contributed by atoms with van der Waals surface area (Å²) in [6, 6.07) is 11.7. The van der Waals surface area contributed by atoms with Crippen molar-refractivity contribution in [2.24, 2.45) is 0 Å². The first-order valence-electron chi connectivity index (χ1n) is 5.64. The molecule has 0 spiro atoms. The van der Waals surface area contributed by atoms with Crippen LogP contribution in [0, 0.1) is 0 Å². The molecule has 0 atom stereocenters. The van der Waals surface area contributed by atoms with Crippen LogP contribution in [0.1, 0.15) is 5.76 Å². The molecule has 0 radical (unpaired) electrons. The molecule has 0 saturated carbocycles. The Morgan fingerprint density at radius 2 is 2.11 bits per heavy atom. The molecule has 3 nitrogen and oxygen atoms in total. The summed E-state index contributed by atoms with van der Waals surface area (Å²) in [4.78, 5) is 4.15. The Balaban J connectivity index is 1.86. The van der Waals surface area contributed by atoms with Crippen molar-refractivity contribution in [2.45, 2.75) is 6.54 Å². The molecule has 2 aromatic heterocycles. The van der Waals surface area contributed by atoms with Crippen LogP contribution in [0.2, 0.25) is 5.22 Å². The molecule has 0 bridgehead atoms. The Hall–Kier alpha value is -2.00. The zero-order valence-corrected chi connectivity index (χ0v) is 10.3. The molecule has 0 unspecified atom stereocenters. The number of hydrogen-bond acceptors (Lipinski definition) is 3. The van der Waals surface area contributed by atoms with Crippen molar-refractivity contribution in [1.29, 1.82) is 0 Å². The van der Waals surface area contributed by atoms with E-state index >= 15 is 0 Å². The van der Waals surface area contributed by atoms with Crippen LogP contribution in [0.15, 0.2) is 53.2 Å². The van der Waals surface area contributed by atoms with Crippen molar-refractivity contribution in [1.82, 2.24) is 4.98 Å². The highest BCUT2D eigenvalue weighted by Crippen LogP contribution is 2.23. The van der Waals surface area contributed by atoms with E-state index in [2.05, 4.69) is 16.4 Å². The molecule has 90 valence electrons. The fraction of sp³-hybridized carbons (Fsp3) is 0.0714. The van der Waals surface area contributed by atoms with Crippen molar-refractivity contribution in [3.8, 4) is 0 Å². The van der Waals surface area contributed by atoms with E-state index in [4.69, 9.17) is 16.0 Å². The summed E-state index contributed by atoms with van der Waals surface area (Å²) in [5, 5.41) is 5.99. The molecule has 0 aliphatic rings. The van der Waals surface area contributed by atoms with Crippen LogP contribution in [0.3, 0.4) is 0 Å². The first kappa shape index (κ1) is 11.1. The fourth-order valence-corrected chi connectivity index (χ4v) is 2.06. The second-order valence-electron chi connectivity index (χ2n) is 3.96. The van der Waals surface area contributed by atoms with Gasteiger partial charge in [-0.3, -0.25) is 4.98 Å². The second kappa shape index (κ2) is 4.70. The average molecular weight is 259 g/mol. The van der Waals surface area contributed by atoms with E-state index in [1.165, 1.54) is 0 Å². The standard InChI is InChI=1S/C14H11ClN2O/c15-14-5-4-11(18-14)8-17-13-3-1-2-10-6-7-16-9-12(10)13/h1-7,9,17H,8H2. The maximum atomic E-state index is 5.73.